The van der Waals surface area contributed by atoms with Crippen LogP contribution in [-0.4, -0.2) is 19.7 Å². The lowest BCUT2D eigenvalue weighted by Crippen LogP contribution is -2.04. The molecule has 0 bridgehead atoms. The summed E-state index contributed by atoms with van der Waals surface area (Å²) in [4.78, 5) is 7.92. The number of alkyl halides is 3. The number of aromatic nitrogens is 4. The fourth-order valence-electron chi connectivity index (χ4n) is 3.37. The average Bonchev–Trinajstić information content (AvgIpc) is 3.38. The highest BCUT2D eigenvalue weighted by Gasteiger charge is 2.30. The summed E-state index contributed by atoms with van der Waals surface area (Å²) >= 11 is 0. The van der Waals surface area contributed by atoms with Gasteiger partial charge in [-0.15, -0.1) is 0 Å². The van der Waals surface area contributed by atoms with Crippen molar-refractivity contribution in [2.75, 3.05) is 0 Å². The zero-order chi connectivity index (χ0) is 20.7. The number of H-pyrrole nitrogens is 1. The second-order valence-electron chi connectivity index (χ2n) is 6.85. The first-order valence-electron chi connectivity index (χ1n) is 9.27. The van der Waals surface area contributed by atoms with Gasteiger partial charge >= 0.3 is 6.18 Å². The molecule has 148 valence electrons. The van der Waals surface area contributed by atoms with Crippen LogP contribution in [0.25, 0.3) is 39.4 Å². The van der Waals surface area contributed by atoms with Crippen molar-refractivity contribution in [3.05, 3.63) is 90.6 Å². The topological polar surface area (TPSA) is 46.5 Å². The fourth-order valence-corrected chi connectivity index (χ4v) is 3.37. The van der Waals surface area contributed by atoms with Crippen molar-refractivity contribution in [2.45, 2.75) is 6.18 Å². The maximum absolute atomic E-state index is 13.0. The Morgan fingerprint density at radius 2 is 1.50 bits per heavy atom. The van der Waals surface area contributed by atoms with Gasteiger partial charge in [-0.3, -0.25) is 0 Å². The summed E-state index contributed by atoms with van der Waals surface area (Å²) in [7, 11) is 0. The molecule has 2 aromatic heterocycles. The number of nitrogens with one attached hydrogen (secondary N) is 1. The smallest absolute Gasteiger partial charge is 0.338 e. The van der Waals surface area contributed by atoms with Crippen LogP contribution in [0.15, 0.2) is 85.1 Å². The van der Waals surface area contributed by atoms with Crippen LogP contribution >= 0.6 is 0 Å². The van der Waals surface area contributed by atoms with Gasteiger partial charge in [0.05, 0.1) is 27.8 Å². The minimum absolute atomic E-state index is 0.548. The highest BCUT2D eigenvalue weighted by atomic mass is 19.4. The third kappa shape index (κ3) is 3.24. The fraction of sp³-hybridized carbons (Fsp3) is 0.0435. The highest BCUT2D eigenvalue weighted by Crippen LogP contribution is 2.34. The molecule has 0 radical (unpaired) electrons. The van der Waals surface area contributed by atoms with Gasteiger partial charge in [0.15, 0.2) is 0 Å². The zero-order valence-corrected chi connectivity index (χ0v) is 15.6. The van der Waals surface area contributed by atoms with Crippen LogP contribution in [0, 0.1) is 0 Å². The van der Waals surface area contributed by atoms with Crippen LogP contribution in [0.1, 0.15) is 5.56 Å². The van der Waals surface area contributed by atoms with Gasteiger partial charge in [0.1, 0.15) is 11.5 Å². The SMILES string of the molecule is FC(F)(F)c1ccc(-c2nn(-c3ccccc3)cc2-c2nc3ccccc3[nH]2)cc1. The van der Waals surface area contributed by atoms with Crippen LogP contribution in [-0.2, 0) is 6.18 Å². The monoisotopic (exact) mass is 404 g/mol. The first kappa shape index (κ1) is 18.2. The van der Waals surface area contributed by atoms with Gasteiger partial charge in [-0.05, 0) is 36.4 Å². The van der Waals surface area contributed by atoms with E-state index in [0.717, 1.165) is 28.9 Å². The van der Waals surface area contributed by atoms with Crippen molar-refractivity contribution < 1.29 is 13.2 Å². The molecule has 0 aliphatic rings. The van der Waals surface area contributed by atoms with E-state index in [0.29, 0.717) is 22.6 Å². The molecule has 0 aliphatic carbocycles. The molecule has 4 nitrogen and oxygen atoms in total. The first-order valence-corrected chi connectivity index (χ1v) is 9.27. The standard InChI is InChI=1S/C23H15F3N4/c24-23(25,26)16-12-10-15(11-13-16)21-18(14-30(29-21)17-6-2-1-3-7-17)22-27-19-8-4-5-9-20(19)28-22/h1-14H,(H,27,28). The number of imidazole rings is 1. The molecule has 0 fully saturated rings. The Morgan fingerprint density at radius 3 is 2.20 bits per heavy atom. The van der Waals surface area contributed by atoms with Crippen molar-refractivity contribution >= 4 is 11.0 Å². The Hall–Kier alpha value is -3.87. The lowest BCUT2D eigenvalue weighted by atomic mass is 10.1. The predicted octanol–water partition coefficient (Wildman–Crippen LogP) is 6.10. The third-order valence-corrected chi connectivity index (χ3v) is 4.87. The summed E-state index contributed by atoms with van der Waals surface area (Å²) < 4.78 is 40.6. The number of benzene rings is 3. The number of para-hydroxylation sites is 3. The molecule has 7 heteroatoms. The van der Waals surface area contributed by atoms with Gasteiger partial charge in [-0.2, -0.15) is 18.3 Å². The molecule has 0 saturated carbocycles. The Kier molecular flexibility index (Phi) is 4.17. The number of nitrogens with zero attached hydrogens (tertiary/aromatic N) is 3. The van der Waals surface area contributed by atoms with Crippen LogP contribution < -0.4 is 0 Å². The van der Waals surface area contributed by atoms with Crippen LogP contribution in [0.4, 0.5) is 13.2 Å². The Morgan fingerprint density at radius 1 is 0.800 bits per heavy atom. The number of rotatable bonds is 3. The Labute approximate surface area is 169 Å². The molecule has 0 unspecified atom stereocenters. The van der Waals surface area contributed by atoms with E-state index in [4.69, 9.17) is 0 Å². The second kappa shape index (κ2) is 6.88. The van der Waals surface area contributed by atoms with E-state index >= 15 is 0 Å². The molecule has 0 aliphatic heterocycles. The number of fused-ring (bicyclic) bond motifs is 1. The maximum atomic E-state index is 13.0. The summed E-state index contributed by atoms with van der Waals surface area (Å²) in [5.74, 6) is 0.605. The minimum atomic E-state index is -4.39. The molecule has 30 heavy (non-hydrogen) atoms. The molecule has 0 amide bonds. The number of hydrogen-bond donors (Lipinski definition) is 1. The van der Waals surface area contributed by atoms with E-state index in [1.165, 1.54) is 12.1 Å². The van der Waals surface area contributed by atoms with E-state index in [2.05, 4.69) is 15.1 Å². The van der Waals surface area contributed by atoms with E-state index in [-0.39, 0.29) is 0 Å². The maximum Gasteiger partial charge on any atom is 0.416 e. The average molecular weight is 404 g/mol. The lowest BCUT2D eigenvalue weighted by molar-refractivity contribution is -0.137. The van der Waals surface area contributed by atoms with Gasteiger partial charge in [-0.1, -0.05) is 42.5 Å². The van der Waals surface area contributed by atoms with Gasteiger partial charge < -0.3 is 4.98 Å². The first-order chi connectivity index (χ1) is 14.5. The molecule has 1 N–H and O–H groups in total. The van der Waals surface area contributed by atoms with E-state index in [1.807, 2.05) is 60.8 Å². The summed E-state index contributed by atoms with van der Waals surface area (Å²) in [6.45, 7) is 0. The summed E-state index contributed by atoms with van der Waals surface area (Å²) in [5, 5.41) is 4.66. The summed E-state index contributed by atoms with van der Waals surface area (Å²) in [6, 6.07) is 22.2. The minimum Gasteiger partial charge on any atom is -0.338 e. The summed E-state index contributed by atoms with van der Waals surface area (Å²) in [5.41, 5.74) is 3.65. The molecule has 5 aromatic rings. The van der Waals surface area contributed by atoms with Crippen molar-refractivity contribution in [1.29, 1.82) is 0 Å². The molecular formula is C23H15F3N4. The van der Waals surface area contributed by atoms with Crippen molar-refractivity contribution in [3.8, 4) is 28.3 Å². The van der Waals surface area contributed by atoms with E-state index in [9.17, 15) is 13.2 Å². The third-order valence-electron chi connectivity index (χ3n) is 4.87. The second-order valence-corrected chi connectivity index (χ2v) is 6.85. The quantitative estimate of drug-likeness (QED) is 0.395. The highest BCUT2D eigenvalue weighted by molar-refractivity contribution is 5.84. The van der Waals surface area contributed by atoms with Crippen LogP contribution in [0.5, 0.6) is 0 Å². The number of hydrogen-bond acceptors (Lipinski definition) is 2. The molecule has 0 atom stereocenters. The Bertz CT molecular complexity index is 1280. The molecular weight excluding hydrogens is 389 g/mol. The van der Waals surface area contributed by atoms with Crippen molar-refractivity contribution in [1.82, 2.24) is 19.7 Å². The van der Waals surface area contributed by atoms with E-state index < -0.39 is 11.7 Å². The van der Waals surface area contributed by atoms with Gasteiger partial charge in [-0.25, -0.2) is 9.67 Å². The summed E-state index contributed by atoms with van der Waals surface area (Å²) in [6.07, 6.45) is -2.55. The molecule has 0 saturated heterocycles. The molecule has 5 rings (SSSR count). The molecule has 2 heterocycles. The van der Waals surface area contributed by atoms with Crippen molar-refractivity contribution in [3.63, 3.8) is 0 Å². The van der Waals surface area contributed by atoms with E-state index in [1.54, 1.807) is 4.68 Å². The van der Waals surface area contributed by atoms with Gasteiger partial charge in [0.25, 0.3) is 0 Å². The normalized spacial score (nSPS) is 11.8. The van der Waals surface area contributed by atoms with Crippen LogP contribution in [0.2, 0.25) is 0 Å². The van der Waals surface area contributed by atoms with Crippen molar-refractivity contribution in [2.24, 2.45) is 0 Å². The molecule has 3 aromatic carbocycles. The zero-order valence-electron chi connectivity index (χ0n) is 15.6. The van der Waals surface area contributed by atoms with Gasteiger partial charge in [0, 0.05) is 11.8 Å². The van der Waals surface area contributed by atoms with Gasteiger partial charge in [0.2, 0.25) is 0 Å². The Balaban J connectivity index is 1.67. The number of halogens is 3. The lowest BCUT2D eigenvalue weighted by Gasteiger charge is -2.07. The predicted molar refractivity (Wildman–Crippen MR) is 109 cm³/mol. The molecule has 0 spiro atoms. The largest absolute Gasteiger partial charge is 0.416 e. The number of aromatic amines is 1. The van der Waals surface area contributed by atoms with Crippen LogP contribution in [0.3, 0.4) is 0 Å².